The highest BCUT2D eigenvalue weighted by Gasteiger charge is 2.36. The zero-order valence-electron chi connectivity index (χ0n) is 29.9. The topological polar surface area (TPSA) is 129 Å². The third kappa shape index (κ3) is 15.6. The lowest BCUT2D eigenvalue weighted by atomic mass is 10.1. The van der Waals surface area contributed by atoms with E-state index in [1.807, 2.05) is 58.0 Å². The summed E-state index contributed by atoms with van der Waals surface area (Å²) in [6, 6.07) is 12.6. The molecule has 272 valence electrons. The first kappa shape index (κ1) is 42.7. The summed E-state index contributed by atoms with van der Waals surface area (Å²) < 4.78 is 36.9. The molecule has 2 aromatic carbocycles. The summed E-state index contributed by atoms with van der Waals surface area (Å²) in [6.45, 7) is 15.3. The number of carbonyl (C=O) groups is 4. The Morgan fingerprint density at radius 1 is 1.04 bits per heavy atom. The molecule has 2 unspecified atom stereocenters. The Morgan fingerprint density at radius 2 is 1.67 bits per heavy atom. The van der Waals surface area contributed by atoms with Crippen molar-refractivity contribution in [2.45, 2.75) is 92.8 Å². The zero-order valence-corrected chi connectivity index (χ0v) is 29.9. The molecular formula is C37H54F3N5O4. The Morgan fingerprint density at radius 3 is 2.22 bits per heavy atom. The van der Waals surface area contributed by atoms with Gasteiger partial charge in [0, 0.05) is 30.0 Å². The second kappa shape index (κ2) is 21.6. The van der Waals surface area contributed by atoms with Crippen molar-refractivity contribution in [1.82, 2.24) is 14.8 Å². The number of primary amides is 1. The van der Waals surface area contributed by atoms with Crippen LogP contribution in [0.1, 0.15) is 84.0 Å². The fraction of sp³-hybridized carbons (Fsp3) is 0.514. The first-order chi connectivity index (χ1) is 23.1. The molecule has 0 radical (unpaired) electrons. The molecule has 0 saturated carbocycles. The highest BCUT2D eigenvalue weighted by atomic mass is 19.4. The molecule has 3 aromatic rings. The molecule has 1 aliphatic heterocycles. The highest BCUT2D eigenvalue weighted by Crippen LogP contribution is 2.31. The first-order valence-electron chi connectivity index (χ1n) is 16.9. The van der Waals surface area contributed by atoms with Crippen LogP contribution in [0.3, 0.4) is 0 Å². The number of aromatic amines is 1. The van der Waals surface area contributed by atoms with Gasteiger partial charge in [-0.05, 0) is 85.7 Å². The smallest absolute Gasteiger partial charge is 0.368 e. The van der Waals surface area contributed by atoms with E-state index in [-0.39, 0.29) is 18.4 Å². The fourth-order valence-corrected chi connectivity index (χ4v) is 5.13. The van der Waals surface area contributed by atoms with Crippen LogP contribution in [0.2, 0.25) is 0 Å². The molecule has 1 saturated heterocycles. The van der Waals surface area contributed by atoms with Gasteiger partial charge in [0.15, 0.2) is 0 Å². The summed E-state index contributed by atoms with van der Waals surface area (Å²) in [7, 11) is 0. The largest absolute Gasteiger partial charge is 0.416 e. The summed E-state index contributed by atoms with van der Waals surface area (Å²) in [5, 5.41) is 3.40. The molecule has 49 heavy (non-hydrogen) atoms. The number of carbonyl (C=O) groups excluding carboxylic acids is 4. The Hall–Kier alpha value is -4.35. The molecule has 0 aliphatic carbocycles. The van der Waals surface area contributed by atoms with Gasteiger partial charge in [0.25, 0.3) is 0 Å². The first-order valence-corrected chi connectivity index (χ1v) is 16.9. The summed E-state index contributed by atoms with van der Waals surface area (Å²) in [6.07, 6.45) is 1.25. The lowest BCUT2D eigenvalue weighted by Crippen LogP contribution is -2.47. The van der Waals surface area contributed by atoms with E-state index in [1.165, 1.54) is 21.4 Å². The van der Waals surface area contributed by atoms with E-state index in [1.54, 1.807) is 0 Å². The van der Waals surface area contributed by atoms with Crippen LogP contribution in [-0.4, -0.2) is 65.1 Å². The van der Waals surface area contributed by atoms with Gasteiger partial charge < -0.3 is 25.8 Å². The number of alkyl halides is 3. The minimum atomic E-state index is -4.27. The van der Waals surface area contributed by atoms with Crippen LogP contribution < -0.4 is 11.1 Å². The van der Waals surface area contributed by atoms with E-state index < -0.39 is 23.7 Å². The van der Waals surface area contributed by atoms with Crippen molar-refractivity contribution in [3.63, 3.8) is 0 Å². The molecule has 1 aromatic heterocycles. The van der Waals surface area contributed by atoms with Gasteiger partial charge in [0.2, 0.25) is 24.6 Å². The van der Waals surface area contributed by atoms with E-state index in [4.69, 9.17) is 5.73 Å². The molecule has 4 amide bonds. The zero-order chi connectivity index (χ0) is 37.1. The van der Waals surface area contributed by atoms with Gasteiger partial charge in [0.05, 0.1) is 12.1 Å². The number of nitrogens with two attached hydrogens (primary N) is 1. The number of likely N-dealkylation sites (tertiary alicyclic amines) is 1. The second-order valence-corrected chi connectivity index (χ2v) is 12.6. The molecule has 9 nitrogen and oxygen atoms in total. The number of hydrogen-bond acceptors (Lipinski definition) is 4. The fourth-order valence-electron chi connectivity index (χ4n) is 5.13. The van der Waals surface area contributed by atoms with E-state index in [0.717, 1.165) is 60.5 Å². The average Bonchev–Trinajstić information content (AvgIpc) is 3.63. The summed E-state index contributed by atoms with van der Waals surface area (Å²) in [4.78, 5) is 51.6. The number of hydrogen-bond donors (Lipinski definition) is 3. The Bertz CT molecular complexity index is 1440. The van der Waals surface area contributed by atoms with Crippen molar-refractivity contribution in [3.8, 4) is 0 Å². The molecule has 2 heterocycles. The molecule has 1 aliphatic rings. The molecule has 12 heteroatoms. The van der Waals surface area contributed by atoms with Crippen LogP contribution in [0.25, 0.3) is 10.9 Å². The molecule has 4 N–H and O–H groups in total. The minimum Gasteiger partial charge on any atom is -0.368 e. The van der Waals surface area contributed by atoms with Crippen molar-refractivity contribution >= 4 is 41.2 Å². The van der Waals surface area contributed by atoms with Gasteiger partial charge in [0.1, 0.15) is 6.04 Å². The normalized spacial score (nSPS) is 15.2. The predicted molar refractivity (Wildman–Crippen MR) is 190 cm³/mol. The van der Waals surface area contributed by atoms with Crippen molar-refractivity contribution in [1.29, 1.82) is 0 Å². The van der Waals surface area contributed by atoms with Crippen LogP contribution in [0.15, 0.2) is 48.5 Å². The Balaban J connectivity index is 0.000000494. The monoisotopic (exact) mass is 689 g/mol. The lowest BCUT2D eigenvalue weighted by Gasteiger charge is -2.25. The van der Waals surface area contributed by atoms with Crippen LogP contribution in [0.4, 0.5) is 18.9 Å². The molecule has 2 atom stereocenters. The van der Waals surface area contributed by atoms with E-state index in [9.17, 15) is 32.3 Å². The molecular weight excluding hydrogens is 635 g/mol. The molecule has 1 fully saturated rings. The number of H-pyrrole nitrogens is 1. The van der Waals surface area contributed by atoms with E-state index in [2.05, 4.69) is 31.1 Å². The number of nitrogens with zero attached hydrogens (tertiary/aromatic N) is 2. The van der Waals surface area contributed by atoms with Crippen molar-refractivity contribution in [2.24, 2.45) is 17.6 Å². The van der Waals surface area contributed by atoms with Crippen molar-refractivity contribution in [2.75, 3.05) is 25.0 Å². The van der Waals surface area contributed by atoms with Crippen molar-refractivity contribution < 1.29 is 32.3 Å². The number of unbranched alkanes of at least 4 members (excludes halogenated alkanes) is 2. The van der Waals surface area contributed by atoms with Crippen LogP contribution in [0, 0.1) is 18.8 Å². The maximum Gasteiger partial charge on any atom is 0.416 e. The number of aryl methyl sites for hydroxylation is 2. The number of benzene rings is 2. The second-order valence-electron chi connectivity index (χ2n) is 12.6. The SMILES string of the molecule is CC.CC(C)C.CC1CC(C(N)=O)N(C(=O)CN(C=O)CCCCCc2ccc(NC=O)cc2)C1.Cc1cc2ccc(C(F)(F)F)cc2[nH]1. The maximum atomic E-state index is 12.5. The number of anilines is 1. The maximum absolute atomic E-state index is 12.5. The van der Waals surface area contributed by atoms with Gasteiger partial charge in [-0.15, -0.1) is 0 Å². The predicted octanol–water partition coefficient (Wildman–Crippen LogP) is 7.33. The third-order valence-electron chi connectivity index (χ3n) is 7.32. The van der Waals surface area contributed by atoms with Crippen LogP contribution in [-0.2, 0) is 31.8 Å². The summed E-state index contributed by atoms with van der Waals surface area (Å²) in [5.74, 6) is 0.342. The molecule has 4 rings (SSSR count). The minimum absolute atomic E-state index is 0.0226. The van der Waals surface area contributed by atoms with Gasteiger partial charge in [-0.3, -0.25) is 19.2 Å². The summed E-state index contributed by atoms with van der Waals surface area (Å²) >= 11 is 0. The molecule has 0 bridgehead atoms. The number of nitrogens with one attached hydrogen (secondary N) is 2. The van der Waals surface area contributed by atoms with Crippen LogP contribution >= 0.6 is 0 Å². The number of rotatable bonds is 12. The number of aromatic nitrogens is 1. The number of fused-ring (bicyclic) bond motifs is 1. The number of halogens is 3. The van der Waals surface area contributed by atoms with E-state index >= 15 is 0 Å². The Labute approximate surface area is 288 Å². The highest BCUT2D eigenvalue weighted by molar-refractivity contribution is 5.88. The van der Waals surface area contributed by atoms with Gasteiger partial charge in [-0.2, -0.15) is 13.2 Å². The third-order valence-corrected chi connectivity index (χ3v) is 7.32. The van der Waals surface area contributed by atoms with Gasteiger partial charge in [-0.25, -0.2) is 0 Å². The van der Waals surface area contributed by atoms with Gasteiger partial charge in [-0.1, -0.05) is 66.2 Å². The number of amides is 4. The van der Waals surface area contributed by atoms with Gasteiger partial charge >= 0.3 is 6.18 Å². The van der Waals surface area contributed by atoms with Crippen LogP contribution in [0.5, 0.6) is 0 Å². The van der Waals surface area contributed by atoms with E-state index in [0.29, 0.717) is 37.8 Å². The summed E-state index contributed by atoms with van der Waals surface area (Å²) in [5.41, 5.74) is 8.12. The molecule has 0 spiro atoms. The average molecular weight is 690 g/mol. The Kier molecular flexibility index (Phi) is 18.8. The van der Waals surface area contributed by atoms with Crippen molar-refractivity contribution in [3.05, 3.63) is 65.4 Å². The standard InChI is InChI=1S/C21H30N4O4.C10H8F3N.C4H10.C2H6/c1-16-11-19(21(22)29)25(12-16)20(28)13-24(15-27)10-4-2-3-5-17-6-8-18(9-7-17)23-14-26;1-6-4-7-2-3-8(10(11,12)13)5-9(7)14-6;1-4(2)3;1-2/h6-9,14-16,19H,2-5,10-13H2,1H3,(H2,22,29)(H,23,26);2-5,14H,1H3;4H,1-3H3;1-2H3. The lowest BCUT2D eigenvalue weighted by molar-refractivity contribution is -0.140. The quantitative estimate of drug-likeness (QED) is 0.136.